The Balaban J connectivity index is 2.34. The highest BCUT2D eigenvalue weighted by Gasteiger charge is 2.25. The molecule has 1 atom stereocenters. The monoisotopic (exact) mass is 259 g/mol. The highest BCUT2D eigenvalue weighted by molar-refractivity contribution is 7.09. The number of nitrogens with zero attached hydrogens (tertiary/aromatic N) is 1. The molecule has 1 aromatic heterocycles. The second-order valence-electron chi connectivity index (χ2n) is 3.25. The fraction of sp³-hybridized carbons (Fsp3) is 0.500. The van der Waals surface area contributed by atoms with Crippen LogP contribution in [0.4, 0.5) is 0 Å². The molecule has 1 rings (SSSR count). The van der Waals surface area contributed by atoms with Crippen molar-refractivity contribution in [3.63, 3.8) is 0 Å². The predicted octanol–water partition coefficient (Wildman–Crippen LogP) is 0.969. The first-order valence-electron chi connectivity index (χ1n) is 4.85. The number of thiazole rings is 1. The number of hydrogen-bond donors (Lipinski definition) is 0. The third-order valence-corrected chi connectivity index (χ3v) is 2.69. The summed E-state index contributed by atoms with van der Waals surface area (Å²) in [6.07, 6.45) is 1.61. The van der Waals surface area contributed by atoms with Crippen molar-refractivity contribution in [2.24, 2.45) is 5.92 Å². The molecule has 17 heavy (non-hydrogen) atoms. The standard InChI is InChI=1S/C10H13NO5S/c1-7(12)9(5-14-2)10(13)16-15-4-8-3-11-6-17-8/h3,6,9H,4-5H2,1-2H3. The summed E-state index contributed by atoms with van der Waals surface area (Å²) in [7, 11) is 1.40. The van der Waals surface area contributed by atoms with Gasteiger partial charge in [0.25, 0.3) is 0 Å². The number of aromatic nitrogens is 1. The fourth-order valence-electron chi connectivity index (χ4n) is 1.04. The summed E-state index contributed by atoms with van der Waals surface area (Å²) in [6, 6.07) is 0. The van der Waals surface area contributed by atoms with Crippen molar-refractivity contribution in [2.45, 2.75) is 13.5 Å². The van der Waals surface area contributed by atoms with Gasteiger partial charge < -0.3 is 4.74 Å². The molecule has 1 unspecified atom stereocenters. The lowest BCUT2D eigenvalue weighted by Crippen LogP contribution is -2.28. The lowest BCUT2D eigenvalue weighted by Gasteiger charge is -2.10. The zero-order valence-corrected chi connectivity index (χ0v) is 10.4. The summed E-state index contributed by atoms with van der Waals surface area (Å²) in [6.45, 7) is 1.40. The Morgan fingerprint density at radius 3 is 2.82 bits per heavy atom. The summed E-state index contributed by atoms with van der Waals surface area (Å²) < 4.78 is 4.75. The first kappa shape index (κ1) is 13.8. The fourth-order valence-corrected chi connectivity index (χ4v) is 1.53. The minimum absolute atomic E-state index is 0.0158. The lowest BCUT2D eigenvalue weighted by atomic mass is 10.1. The molecule has 6 nitrogen and oxygen atoms in total. The molecular formula is C10H13NO5S. The molecule has 0 fully saturated rings. The molecule has 0 spiro atoms. The highest BCUT2D eigenvalue weighted by Crippen LogP contribution is 2.08. The van der Waals surface area contributed by atoms with Gasteiger partial charge in [0.05, 0.1) is 17.0 Å². The van der Waals surface area contributed by atoms with E-state index in [0.29, 0.717) is 0 Å². The van der Waals surface area contributed by atoms with Crippen LogP contribution >= 0.6 is 11.3 Å². The summed E-state index contributed by atoms with van der Waals surface area (Å²) >= 11 is 1.38. The van der Waals surface area contributed by atoms with Gasteiger partial charge in [-0.1, -0.05) is 0 Å². The number of carbonyl (C=O) groups excluding carboxylic acids is 2. The van der Waals surface area contributed by atoms with Crippen LogP contribution in [0.2, 0.25) is 0 Å². The maximum atomic E-state index is 11.4. The minimum atomic E-state index is -0.943. The van der Waals surface area contributed by atoms with E-state index in [1.54, 1.807) is 11.7 Å². The molecule has 0 bridgehead atoms. The summed E-state index contributed by atoms with van der Waals surface area (Å²) in [5, 5.41) is 0. The Labute approximate surface area is 102 Å². The number of rotatable bonds is 7. The Bertz CT molecular complexity index is 365. The number of hydrogen-bond acceptors (Lipinski definition) is 7. The van der Waals surface area contributed by atoms with Crippen LogP contribution in [-0.2, 0) is 30.7 Å². The first-order valence-corrected chi connectivity index (χ1v) is 5.73. The van der Waals surface area contributed by atoms with Crippen LogP contribution in [0.1, 0.15) is 11.8 Å². The molecule has 0 saturated carbocycles. The van der Waals surface area contributed by atoms with E-state index in [1.807, 2.05) is 0 Å². The second kappa shape index (κ2) is 7.10. The number of ether oxygens (including phenoxy) is 1. The van der Waals surface area contributed by atoms with Crippen LogP contribution in [0.15, 0.2) is 11.7 Å². The van der Waals surface area contributed by atoms with Crippen LogP contribution in [0, 0.1) is 5.92 Å². The molecule has 1 heterocycles. The smallest absolute Gasteiger partial charge is 0.355 e. The summed E-state index contributed by atoms with van der Waals surface area (Å²) in [4.78, 5) is 36.5. The largest absolute Gasteiger partial charge is 0.383 e. The van der Waals surface area contributed by atoms with E-state index in [2.05, 4.69) is 9.87 Å². The van der Waals surface area contributed by atoms with Crippen LogP contribution in [0.5, 0.6) is 0 Å². The Kier molecular flexibility index (Phi) is 5.75. The van der Waals surface area contributed by atoms with E-state index in [4.69, 9.17) is 9.62 Å². The number of carbonyl (C=O) groups is 2. The van der Waals surface area contributed by atoms with E-state index < -0.39 is 11.9 Å². The zero-order valence-electron chi connectivity index (χ0n) is 9.54. The molecular weight excluding hydrogens is 246 g/mol. The summed E-state index contributed by atoms with van der Waals surface area (Å²) in [5.41, 5.74) is 1.64. The van der Waals surface area contributed by atoms with Crippen LogP contribution in [0.25, 0.3) is 0 Å². The number of ketones is 1. The highest BCUT2D eigenvalue weighted by atomic mass is 32.1. The number of Topliss-reactive ketones (excluding diaryl/α,β-unsaturated/α-hetero) is 1. The van der Waals surface area contributed by atoms with Crippen molar-refractivity contribution in [1.29, 1.82) is 0 Å². The molecule has 0 radical (unpaired) electrons. The average Bonchev–Trinajstić information content (AvgIpc) is 2.78. The van der Waals surface area contributed by atoms with Gasteiger partial charge in [-0.3, -0.25) is 14.7 Å². The van der Waals surface area contributed by atoms with Crippen molar-refractivity contribution < 1.29 is 24.1 Å². The summed E-state index contributed by atoms with van der Waals surface area (Å²) in [5.74, 6) is -2.01. The molecule has 0 amide bonds. The van der Waals surface area contributed by atoms with E-state index in [0.717, 1.165) is 4.88 Å². The maximum absolute atomic E-state index is 11.4. The van der Waals surface area contributed by atoms with Gasteiger partial charge in [0.15, 0.2) is 0 Å². The van der Waals surface area contributed by atoms with Crippen LogP contribution in [-0.4, -0.2) is 30.5 Å². The topological polar surface area (TPSA) is 74.7 Å². The quantitative estimate of drug-likeness (QED) is 0.412. The number of methoxy groups -OCH3 is 1. The zero-order chi connectivity index (χ0) is 12.7. The van der Waals surface area contributed by atoms with Crippen molar-refractivity contribution in [1.82, 2.24) is 4.98 Å². The molecule has 0 saturated heterocycles. The van der Waals surface area contributed by atoms with E-state index in [1.165, 1.54) is 25.4 Å². The Hall–Kier alpha value is -1.31. The van der Waals surface area contributed by atoms with Gasteiger partial charge in [-0.2, -0.15) is 4.89 Å². The van der Waals surface area contributed by atoms with Crippen molar-refractivity contribution in [3.05, 3.63) is 16.6 Å². The molecule has 0 aromatic carbocycles. The van der Waals surface area contributed by atoms with E-state index >= 15 is 0 Å². The normalized spacial score (nSPS) is 12.1. The van der Waals surface area contributed by atoms with Gasteiger partial charge in [-0.15, -0.1) is 11.3 Å². The lowest BCUT2D eigenvalue weighted by molar-refractivity contribution is -0.282. The molecule has 0 aliphatic carbocycles. The van der Waals surface area contributed by atoms with Crippen LogP contribution < -0.4 is 0 Å². The van der Waals surface area contributed by atoms with Gasteiger partial charge in [0.2, 0.25) is 0 Å². The second-order valence-corrected chi connectivity index (χ2v) is 4.22. The van der Waals surface area contributed by atoms with Crippen molar-refractivity contribution in [2.75, 3.05) is 13.7 Å². The van der Waals surface area contributed by atoms with Gasteiger partial charge >= 0.3 is 5.97 Å². The van der Waals surface area contributed by atoms with Gasteiger partial charge in [-0.05, 0) is 6.92 Å². The third-order valence-electron chi connectivity index (χ3n) is 1.93. The van der Waals surface area contributed by atoms with Crippen molar-refractivity contribution in [3.8, 4) is 0 Å². The maximum Gasteiger partial charge on any atom is 0.355 e. The SMILES string of the molecule is COCC(C(C)=O)C(=O)OOCc1cncs1. The molecule has 0 N–H and O–H groups in total. The van der Waals surface area contributed by atoms with Gasteiger partial charge in [0.1, 0.15) is 18.3 Å². The first-order chi connectivity index (χ1) is 8.15. The van der Waals surface area contributed by atoms with Crippen molar-refractivity contribution >= 4 is 23.1 Å². The molecule has 1 aromatic rings. The minimum Gasteiger partial charge on any atom is -0.383 e. The van der Waals surface area contributed by atoms with Gasteiger partial charge in [0, 0.05) is 13.3 Å². The molecule has 0 aliphatic heterocycles. The molecule has 7 heteroatoms. The predicted molar refractivity (Wildman–Crippen MR) is 59.0 cm³/mol. The van der Waals surface area contributed by atoms with E-state index in [9.17, 15) is 9.59 Å². The Morgan fingerprint density at radius 1 is 1.53 bits per heavy atom. The van der Waals surface area contributed by atoms with E-state index in [-0.39, 0.29) is 19.0 Å². The molecule has 0 aliphatic rings. The third kappa shape index (κ3) is 4.59. The van der Waals surface area contributed by atoms with Gasteiger partial charge in [-0.25, -0.2) is 4.79 Å². The average molecular weight is 259 g/mol. The Morgan fingerprint density at radius 2 is 2.29 bits per heavy atom. The van der Waals surface area contributed by atoms with Crippen LogP contribution in [0.3, 0.4) is 0 Å². The molecule has 94 valence electrons.